The Morgan fingerprint density at radius 2 is 0.660 bits per heavy atom. The van der Waals surface area contributed by atoms with E-state index in [-0.39, 0.29) is 51.4 Å². The number of hydrogen-bond donors (Lipinski definition) is 0. The van der Waals surface area contributed by atoms with E-state index < -0.39 is 11.9 Å². The maximum atomic E-state index is 11.5. The van der Waals surface area contributed by atoms with Crippen LogP contribution < -0.4 is 18.9 Å². The molecule has 0 atom stereocenters. The molecule has 0 spiro atoms. The molecule has 0 saturated carbocycles. The molecule has 50 heavy (non-hydrogen) atoms. The molecule has 0 N–H and O–H groups in total. The van der Waals surface area contributed by atoms with Gasteiger partial charge in [-0.25, -0.2) is 0 Å². The monoisotopic (exact) mass is 748 g/mol. The van der Waals surface area contributed by atoms with Crippen molar-refractivity contribution in [2.45, 2.75) is 13.2 Å². The van der Waals surface area contributed by atoms with Gasteiger partial charge in [0.05, 0.1) is 79.3 Å². The van der Waals surface area contributed by atoms with Gasteiger partial charge in [-0.15, -0.1) is 23.2 Å². The SMILES string of the molecule is O=C(CCl)OCc1cc2cc(c1)OCCOCCOCCOCCOc1cc(COC(=O)CCl)cc(c1)OCCOCCOCCOCCO2. The van der Waals surface area contributed by atoms with Crippen LogP contribution in [0, 0.1) is 0 Å². The van der Waals surface area contributed by atoms with Crippen molar-refractivity contribution in [3.05, 3.63) is 47.5 Å². The average molecular weight is 750 g/mol. The summed E-state index contributed by atoms with van der Waals surface area (Å²) in [6.07, 6.45) is 0. The van der Waals surface area contributed by atoms with Crippen molar-refractivity contribution < 1.29 is 66.4 Å². The second kappa shape index (κ2) is 26.7. The van der Waals surface area contributed by atoms with Gasteiger partial charge in [0.1, 0.15) is 74.4 Å². The molecule has 16 heteroatoms. The smallest absolute Gasteiger partial charge is 0.321 e. The number of hydrogen-bond acceptors (Lipinski definition) is 14. The van der Waals surface area contributed by atoms with Gasteiger partial charge in [-0.05, 0) is 35.4 Å². The van der Waals surface area contributed by atoms with Gasteiger partial charge in [0.2, 0.25) is 0 Å². The number of carbonyl (C=O) groups is 2. The molecule has 1 aliphatic heterocycles. The van der Waals surface area contributed by atoms with E-state index in [0.29, 0.717) is 113 Å². The van der Waals surface area contributed by atoms with E-state index in [9.17, 15) is 9.59 Å². The third-order valence-electron chi connectivity index (χ3n) is 6.37. The highest BCUT2D eigenvalue weighted by Gasteiger charge is 2.09. The van der Waals surface area contributed by atoms with Gasteiger partial charge < -0.3 is 56.8 Å². The predicted octanol–water partition coefficient (Wildman–Crippen LogP) is 3.58. The third-order valence-corrected chi connectivity index (χ3v) is 6.81. The number of fused-ring (bicyclic) bond motifs is 4. The van der Waals surface area contributed by atoms with Crippen LogP contribution in [0.5, 0.6) is 23.0 Å². The number of ether oxygens (including phenoxy) is 12. The van der Waals surface area contributed by atoms with E-state index in [4.69, 9.17) is 80.0 Å². The molecule has 0 aliphatic carbocycles. The maximum absolute atomic E-state index is 11.5. The van der Waals surface area contributed by atoms with Gasteiger partial charge in [-0.1, -0.05) is 0 Å². The van der Waals surface area contributed by atoms with E-state index >= 15 is 0 Å². The Labute approximate surface area is 302 Å². The molecule has 4 bridgehead atoms. The van der Waals surface area contributed by atoms with Crippen molar-refractivity contribution in [1.29, 1.82) is 0 Å². The minimum Gasteiger partial charge on any atom is -0.491 e. The Balaban J connectivity index is 1.47. The van der Waals surface area contributed by atoms with Crippen LogP contribution in [0.3, 0.4) is 0 Å². The molecule has 14 nitrogen and oxygen atoms in total. The number of esters is 2. The standard InChI is InChI=1S/C34H46Cl2O14/c35-23-33(37)49-25-27-17-29-21-30(18-27)47-15-11-43-7-3-40-4-8-44-12-16-48-32-20-28(26-50-34(38)24-36)19-31(22-32)46-14-10-42-6-2-39-1-5-41-9-13-45-29/h17-22H,1-16,23-26H2. The predicted molar refractivity (Wildman–Crippen MR) is 181 cm³/mol. The third kappa shape index (κ3) is 19.3. The molecule has 0 fully saturated rings. The second-order valence-electron chi connectivity index (χ2n) is 10.3. The van der Waals surface area contributed by atoms with Crippen LogP contribution in [-0.4, -0.2) is 129 Å². The number of benzene rings is 2. The molecule has 0 aromatic heterocycles. The first-order chi connectivity index (χ1) is 24.6. The Bertz CT molecular complexity index is 1080. The fourth-order valence-corrected chi connectivity index (χ4v) is 4.28. The van der Waals surface area contributed by atoms with Crippen LogP contribution in [0.4, 0.5) is 0 Å². The Hall–Kier alpha value is -3.08. The van der Waals surface area contributed by atoms with Gasteiger partial charge in [0.25, 0.3) is 0 Å². The fourth-order valence-electron chi connectivity index (χ4n) is 4.12. The summed E-state index contributed by atoms with van der Waals surface area (Å²) in [7, 11) is 0. The lowest BCUT2D eigenvalue weighted by Crippen LogP contribution is -2.15. The number of carbonyl (C=O) groups excluding carboxylic acids is 2. The molecule has 0 unspecified atom stereocenters. The summed E-state index contributed by atoms with van der Waals surface area (Å²) >= 11 is 11.1. The van der Waals surface area contributed by atoms with Gasteiger partial charge in [-0.2, -0.15) is 0 Å². The quantitative estimate of drug-likeness (QED) is 0.314. The highest BCUT2D eigenvalue weighted by molar-refractivity contribution is 6.26. The van der Waals surface area contributed by atoms with E-state index in [1.807, 2.05) is 0 Å². The molecule has 0 saturated heterocycles. The number of alkyl halides is 2. The minimum absolute atomic E-state index is 0.0261. The Morgan fingerprint density at radius 3 is 0.900 bits per heavy atom. The summed E-state index contributed by atoms with van der Waals surface area (Å²) in [5.41, 5.74) is 1.37. The molecule has 0 radical (unpaired) electrons. The van der Waals surface area contributed by atoms with Crippen LogP contribution in [0.1, 0.15) is 11.1 Å². The molecular weight excluding hydrogens is 703 g/mol. The molecule has 1 heterocycles. The van der Waals surface area contributed by atoms with Crippen molar-refractivity contribution in [3.8, 4) is 23.0 Å². The highest BCUT2D eigenvalue weighted by Crippen LogP contribution is 2.25. The van der Waals surface area contributed by atoms with E-state index in [2.05, 4.69) is 0 Å². The molecular formula is C34H46Cl2O14. The van der Waals surface area contributed by atoms with Crippen LogP contribution >= 0.6 is 23.2 Å². The first kappa shape index (κ1) is 41.3. The van der Waals surface area contributed by atoms with Gasteiger partial charge in [0, 0.05) is 12.1 Å². The second-order valence-corrected chi connectivity index (χ2v) is 10.8. The highest BCUT2D eigenvalue weighted by atomic mass is 35.5. The number of halogens is 2. The molecule has 2 aromatic rings. The minimum atomic E-state index is -0.524. The molecule has 2 aromatic carbocycles. The summed E-state index contributed by atoms with van der Waals surface area (Å²) < 4.78 is 67.2. The molecule has 0 amide bonds. The van der Waals surface area contributed by atoms with Crippen molar-refractivity contribution in [1.82, 2.24) is 0 Å². The van der Waals surface area contributed by atoms with E-state index in [1.54, 1.807) is 36.4 Å². The van der Waals surface area contributed by atoms with Crippen molar-refractivity contribution in [2.75, 3.05) is 117 Å². The summed E-state index contributed by atoms with van der Waals surface area (Å²) in [6.45, 7) is 5.65. The average Bonchev–Trinajstić information content (AvgIpc) is 3.12. The van der Waals surface area contributed by atoms with Crippen molar-refractivity contribution in [3.63, 3.8) is 0 Å². The molecule has 3 rings (SSSR count). The van der Waals surface area contributed by atoms with E-state index in [1.165, 1.54) is 0 Å². The Kier molecular flexibility index (Phi) is 22.1. The first-order valence-electron chi connectivity index (χ1n) is 16.2. The van der Waals surface area contributed by atoms with Gasteiger partial charge in [0.15, 0.2) is 0 Å². The summed E-state index contributed by atoms with van der Waals surface area (Å²) in [6, 6.07) is 10.5. The summed E-state index contributed by atoms with van der Waals surface area (Å²) in [4.78, 5) is 23.1. The lowest BCUT2D eigenvalue weighted by Gasteiger charge is -2.14. The lowest BCUT2D eigenvalue weighted by molar-refractivity contribution is -0.142. The topological polar surface area (TPSA) is 145 Å². The molecule has 1 aliphatic rings. The maximum Gasteiger partial charge on any atom is 0.321 e. The summed E-state index contributed by atoms with van der Waals surface area (Å²) in [5.74, 6) is 0.631. The first-order valence-corrected chi connectivity index (χ1v) is 17.3. The van der Waals surface area contributed by atoms with Crippen LogP contribution in [0.2, 0.25) is 0 Å². The zero-order valence-electron chi connectivity index (χ0n) is 28.1. The van der Waals surface area contributed by atoms with Gasteiger partial charge >= 0.3 is 11.9 Å². The molecule has 280 valence electrons. The van der Waals surface area contributed by atoms with Crippen LogP contribution in [-0.2, 0) is 60.7 Å². The zero-order chi connectivity index (χ0) is 35.5. The van der Waals surface area contributed by atoms with Crippen molar-refractivity contribution >= 4 is 35.1 Å². The fraction of sp³-hybridized carbons (Fsp3) is 0.588. The van der Waals surface area contributed by atoms with Gasteiger partial charge in [-0.3, -0.25) is 9.59 Å². The van der Waals surface area contributed by atoms with E-state index in [0.717, 1.165) is 0 Å². The normalized spacial score (nSPS) is 17.2. The lowest BCUT2D eigenvalue weighted by atomic mass is 10.2. The van der Waals surface area contributed by atoms with Crippen LogP contribution in [0.25, 0.3) is 0 Å². The van der Waals surface area contributed by atoms with Crippen LogP contribution in [0.15, 0.2) is 36.4 Å². The largest absolute Gasteiger partial charge is 0.491 e. The van der Waals surface area contributed by atoms with Crippen molar-refractivity contribution in [2.24, 2.45) is 0 Å². The number of rotatable bonds is 6. The zero-order valence-corrected chi connectivity index (χ0v) is 29.6. The Morgan fingerprint density at radius 1 is 0.420 bits per heavy atom. The summed E-state index contributed by atoms with van der Waals surface area (Å²) in [5, 5.41) is 0.